The number of rotatable bonds is 5. The summed E-state index contributed by atoms with van der Waals surface area (Å²) in [5, 5.41) is 25.9. The third-order valence-corrected chi connectivity index (χ3v) is 7.78. The van der Waals surface area contributed by atoms with Crippen LogP contribution in [-0.4, -0.2) is 33.3 Å². The van der Waals surface area contributed by atoms with E-state index >= 15 is 0 Å². The summed E-state index contributed by atoms with van der Waals surface area (Å²) in [4.78, 5) is 4.30. The highest BCUT2D eigenvalue weighted by Gasteiger charge is 2.60. The van der Waals surface area contributed by atoms with Gasteiger partial charge in [-0.3, -0.25) is 0 Å². The molecule has 5 aliphatic rings. The molecule has 6 rings (SSSR count). The Morgan fingerprint density at radius 3 is 2.26 bits per heavy atom. The number of hydrogen-bond donors (Lipinski definition) is 3. The molecule has 5 heteroatoms. The maximum atomic E-state index is 11.4. The molecule has 0 aromatic carbocycles. The maximum Gasteiger partial charge on any atom is 0.174 e. The van der Waals surface area contributed by atoms with Gasteiger partial charge in [0.2, 0.25) is 0 Å². The number of pyridine rings is 1. The number of ether oxygens (including phenoxy) is 1. The second-order valence-electron chi connectivity index (χ2n) is 9.64. The lowest BCUT2D eigenvalue weighted by Crippen LogP contribution is -2.62. The molecule has 0 spiro atoms. The highest BCUT2D eigenvalue weighted by atomic mass is 16.7. The van der Waals surface area contributed by atoms with Gasteiger partial charge in [0, 0.05) is 37.4 Å². The highest BCUT2D eigenvalue weighted by Crippen LogP contribution is 2.59. The Morgan fingerprint density at radius 1 is 1.00 bits per heavy atom. The molecule has 1 aromatic heterocycles. The van der Waals surface area contributed by atoms with Crippen molar-refractivity contribution in [3.63, 3.8) is 0 Å². The third-order valence-electron chi connectivity index (χ3n) is 7.78. The van der Waals surface area contributed by atoms with Gasteiger partial charge in [-0.25, -0.2) is 4.98 Å². The Hall–Kier alpha value is -1.17. The third kappa shape index (κ3) is 3.39. The van der Waals surface area contributed by atoms with Crippen LogP contribution in [0.25, 0.3) is 0 Å². The van der Waals surface area contributed by atoms with E-state index in [0.717, 1.165) is 62.7 Å². The fourth-order valence-electron chi connectivity index (χ4n) is 6.48. The van der Waals surface area contributed by atoms with Crippen LogP contribution in [0.3, 0.4) is 0 Å². The summed E-state index contributed by atoms with van der Waals surface area (Å²) in [5.74, 6) is 1.15. The molecule has 0 atom stereocenters. The molecule has 148 valence electrons. The van der Waals surface area contributed by atoms with Crippen molar-refractivity contribution in [1.82, 2.24) is 4.98 Å². The first kappa shape index (κ1) is 17.9. The van der Waals surface area contributed by atoms with Crippen molar-refractivity contribution in [2.45, 2.75) is 69.4 Å². The summed E-state index contributed by atoms with van der Waals surface area (Å²) in [7, 11) is 0. The Kier molecular flexibility index (Phi) is 4.45. The Morgan fingerprint density at radius 2 is 1.67 bits per heavy atom. The zero-order valence-electron chi connectivity index (χ0n) is 16.0. The van der Waals surface area contributed by atoms with Crippen molar-refractivity contribution >= 4 is 5.82 Å². The molecule has 5 aliphatic carbocycles. The molecule has 0 radical (unpaired) electrons. The maximum absolute atomic E-state index is 11.4. The molecule has 5 nitrogen and oxygen atoms in total. The van der Waals surface area contributed by atoms with Crippen molar-refractivity contribution in [2.24, 2.45) is 29.6 Å². The fraction of sp³-hybridized carbons (Fsp3) is 0.773. The Balaban J connectivity index is 1.17. The number of hydrogen-bond acceptors (Lipinski definition) is 5. The summed E-state index contributed by atoms with van der Waals surface area (Å²) in [6, 6.07) is 5.87. The number of aromatic nitrogens is 1. The average molecular weight is 373 g/mol. The SMILES string of the molecule is OC1(OC2(O)C3CC4CC(C3)CC2C4)CCC(CNc2ccccn2)CC1. The van der Waals surface area contributed by atoms with Crippen LogP contribution in [0.15, 0.2) is 24.4 Å². The summed E-state index contributed by atoms with van der Waals surface area (Å²) < 4.78 is 6.23. The molecular formula is C22H32N2O3. The number of nitrogens with zero attached hydrogens (tertiary/aromatic N) is 1. The molecule has 0 unspecified atom stereocenters. The van der Waals surface area contributed by atoms with Crippen LogP contribution in [0, 0.1) is 29.6 Å². The molecule has 5 fully saturated rings. The van der Waals surface area contributed by atoms with E-state index in [0.29, 0.717) is 18.8 Å². The molecule has 0 saturated heterocycles. The zero-order valence-corrected chi connectivity index (χ0v) is 16.0. The van der Waals surface area contributed by atoms with Gasteiger partial charge in [0.25, 0.3) is 0 Å². The van der Waals surface area contributed by atoms with Gasteiger partial charge in [-0.1, -0.05) is 6.07 Å². The predicted molar refractivity (Wildman–Crippen MR) is 103 cm³/mol. The minimum absolute atomic E-state index is 0.223. The summed E-state index contributed by atoms with van der Waals surface area (Å²) in [5.41, 5.74) is 0. The molecule has 0 aliphatic heterocycles. The average Bonchev–Trinajstić information content (AvgIpc) is 2.66. The molecule has 3 N–H and O–H groups in total. The van der Waals surface area contributed by atoms with Crippen molar-refractivity contribution in [3.05, 3.63) is 24.4 Å². The van der Waals surface area contributed by atoms with Gasteiger partial charge in [0.15, 0.2) is 11.6 Å². The zero-order chi connectivity index (χ0) is 18.5. The predicted octanol–water partition coefficient (Wildman–Crippen LogP) is 3.53. The molecular weight excluding hydrogens is 340 g/mol. The first-order valence-electron chi connectivity index (χ1n) is 10.8. The molecule has 5 saturated carbocycles. The first-order valence-corrected chi connectivity index (χ1v) is 10.8. The van der Waals surface area contributed by atoms with Crippen molar-refractivity contribution < 1.29 is 14.9 Å². The van der Waals surface area contributed by atoms with Crippen LogP contribution in [0.4, 0.5) is 5.82 Å². The first-order chi connectivity index (χ1) is 13.0. The number of nitrogens with one attached hydrogen (secondary N) is 1. The van der Waals surface area contributed by atoms with E-state index in [2.05, 4.69) is 10.3 Å². The van der Waals surface area contributed by atoms with E-state index in [4.69, 9.17) is 4.74 Å². The lowest BCUT2D eigenvalue weighted by Gasteiger charge is -2.59. The molecule has 1 aromatic rings. The minimum Gasteiger partial charge on any atom is -0.370 e. The normalized spacial score (nSPS) is 45.8. The van der Waals surface area contributed by atoms with Crippen LogP contribution in [0.2, 0.25) is 0 Å². The van der Waals surface area contributed by atoms with Crippen LogP contribution >= 0.6 is 0 Å². The van der Waals surface area contributed by atoms with Crippen LogP contribution in [0.5, 0.6) is 0 Å². The number of aliphatic hydroxyl groups is 2. The van der Waals surface area contributed by atoms with Gasteiger partial charge in [0.05, 0.1) is 0 Å². The fourth-order valence-corrected chi connectivity index (χ4v) is 6.48. The van der Waals surface area contributed by atoms with E-state index in [-0.39, 0.29) is 11.8 Å². The summed E-state index contributed by atoms with van der Waals surface area (Å²) in [6.07, 6.45) is 10.5. The minimum atomic E-state index is -1.16. The van der Waals surface area contributed by atoms with Gasteiger partial charge in [-0.05, 0) is 74.8 Å². The van der Waals surface area contributed by atoms with Crippen LogP contribution in [0.1, 0.15) is 57.8 Å². The van der Waals surface area contributed by atoms with Gasteiger partial charge < -0.3 is 20.3 Å². The van der Waals surface area contributed by atoms with Gasteiger partial charge >= 0.3 is 0 Å². The lowest BCUT2D eigenvalue weighted by atomic mass is 9.53. The van der Waals surface area contributed by atoms with E-state index in [1.54, 1.807) is 6.20 Å². The highest BCUT2D eigenvalue weighted by molar-refractivity contribution is 5.33. The topological polar surface area (TPSA) is 74.6 Å². The summed E-state index contributed by atoms with van der Waals surface area (Å²) in [6.45, 7) is 0.867. The van der Waals surface area contributed by atoms with Crippen molar-refractivity contribution in [1.29, 1.82) is 0 Å². The van der Waals surface area contributed by atoms with E-state index in [1.165, 1.54) is 6.42 Å². The smallest absolute Gasteiger partial charge is 0.174 e. The Bertz CT molecular complexity index is 629. The quantitative estimate of drug-likeness (QED) is 0.690. The van der Waals surface area contributed by atoms with E-state index in [1.807, 2.05) is 18.2 Å². The second kappa shape index (κ2) is 6.71. The van der Waals surface area contributed by atoms with Gasteiger partial charge in [-0.15, -0.1) is 0 Å². The van der Waals surface area contributed by atoms with E-state index < -0.39 is 11.6 Å². The molecule has 27 heavy (non-hydrogen) atoms. The Labute approximate surface area is 161 Å². The van der Waals surface area contributed by atoms with Gasteiger partial charge in [0.1, 0.15) is 5.82 Å². The lowest BCUT2D eigenvalue weighted by molar-refractivity contribution is -0.401. The second-order valence-corrected chi connectivity index (χ2v) is 9.64. The monoisotopic (exact) mass is 372 g/mol. The molecule has 1 heterocycles. The standard InChI is InChI=1S/C22H32N2O3/c25-21(6-4-15(5-7-21)14-24-20-3-1-2-8-23-20)27-22(26)18-10-16-9-17(12-18)13-19(22)11-16/h1-3,8,15-19,25-26H,4-7,9-14H2,(H,23,24). The van der Waals surface area contributed by atoms with Crippen molar-refractivity contribution in [3.8, 4) is 0 Å². The van der Waals surface area contributed by atoms with Crippen molar-refractivity contribution in [2.75, 3.05) is 11.9 Å². The summed E-state index contributed by atoms with van der Waals surface area (Å²) >= 11 is 0. The van der Waals surface area contributed by atoms with Crippen LogP contribution < -0.4 is 5.32 Å². The molecule has 0 amide bonds. The van der Waals surface area contributed by atoms with Gasteiger partial charge in [-0.2, -0.15) is 0 Å². The molecule has 4 bridgehead atoms. The number of anilines is 1. The van der Waals surface area contributed by atoms with E-state index in [9.17, 15) is 10.2 Å². The largest absolute Gasteiger partial charge is 0.370 e. The van der Waals surface area contributed by atoms with Crippen LogP contribution in [-0.2, 0) is 4.74 Å².